The van der Waals surface area contributed by atoms with Crippen molar-refractivity contribution in [3.63, 3.8) is 0 Å². The smallest absolute Gasteiger partial charge is 0.251 e. The quantitative estimate of drug-likeness (QED) is 0.795. The molecule has 0 bridgehead atoms. The topological polar surface area (TPSA) is 55.1 Å². The summed E-state index contributed by atoms with van der Waals surface area (Å²) >= 11 is 8.17. The Balaban J connectivity index is 2.05. The molecule has 1 aromatic carbocycles. The fourth-order valence-electron chi connectivity index (χ4n) is 2.40. The van der Waals surface area contributed by atoms with Crippen LogP contribution < -0.4 is 11.1 Å². The Kier molecular flexibility index (Phi) is 4.86. The Bertz CT molecular complexity index is 453. The Morgan fingerprint density at radius 3 is 2.94 bits per heavy atom. The van der Waals surface area contributed by atoms with Crippen LogP contribution in [0.3, 0.4) is 0 Å². The van der Waals surface area contributed by atoms with Crippen molar-refractivity contribution in [3.8, 4) is 0 Å². The van der Waals surface area contributed by atoms with E-state index in [-0.39, 0.29) is 11.9 Å². The van der Waals surface area contributed by atoms with Crippen molar-refractivity contribution in [2.45, 2.75) is 25.3 Å². The number of rotatable bonds is 3. The van der Waals surface area contributed by atoms with Gasteiger partial charge in [-0.3, -0.25) is 4.79 Å². The van der Waals surface area contributed by atoms with Crippen LogP contribution in [0.2, 0.25) is 5.02 Å². The number of halogens is 2. The molecule has 18 heavy (non-hydrogen) atoms. The normalized spacial score (nSPS) is 23.1. The molecule has 3 nitrogen and oxygen atoms in total. The van der Waals surface area contributed by atoms with Gasteiger partial charge in [-0.25, -0.2) is 0 Å². The molecule has 3 N–H and O–H groups in total. The molecule has 1 saturated carbocycles. The fraction of sp³-hybridized carbons (Fsp3) is 0.462. The van der Waals surface area contributed by atoms with E-state index in [2.05, 4.69) is 27.9 Å². The number of nitrogens with two attached hydrogens (primary N) is 1. The van der Waals surface area contributed by atoms with Gasteiger partial charge in [-0.15, -0.1) is 0 Å². The van der Waals surface area contributed by atoms with Crippen molar-refractivity contribution < 1.29 is 4.79 Å². The average Bonchev–Trinajstić information content (AvgIpc) is 2.79. The molecule has 5 heteroatoms. The van der Waals surface area contributed by atoms with Crippen molar-refractivity contribution in [1.82, 2.24) is 5.32 Å². The molecule has 98 valence electrons. The number of nitrogens with one attached hydrogen (secondary N) is 1. The van der Waals surface area contributed by atoms with Gasteiger partial charge in [0.2, 0.25) is 0 Å². The zero-order valence-electron chi connectivity index (χ0n) is 9.96. The van der Waals surface area contributed by atoms with Crippen LogP contribution in [0.5, 0.6) is 0 Å². The molecule has 1 amide bonds. The van der Waals surface area contributed by atoms with Gasteiger partial charge in [0, 0.05) is 15.2 Å². The highest BCUT2D eigenvalue weighted by molar-refractivity contribution is 14.1. The first-order chi connectivity index (χ1) is 8.61. The first kappa shape index (κ1) is 14.1. The summed E-state index contributed by atoms with van der Waals surface area (Å²) in [5.74, 6) is 0.354. The molecule has 2 atom stereocenters. The van der Waals surface area contributed by atoms with E-state index < -0.39 is 0 Å². The largest absolute Gasteiger partial charge is 0.349 e. The molecule has 1 aliphatic carbocycles. The van der Waals surface area contributed by atoms with Crippen molar-refractivity contribution in [3.05, 3.63) is 32.4 Å². The van der Waals surface area contributed by atoms with E-state index in [1.807, 2.05) is 6.07 Å². The third-order valence-electron chi connectivity index (χ3n) is 3.46. The van der Waals surface area contributed by atoms with Crippen LogP contribution in [0.1, 0.15) is 29.6 Å². The lowest BCUT2D eigenvalue weighted by molar-refractivity contribution is 0.0929. The van der Waals surface area contributed by atoms with Gasteiger partial charge in [0.25, 0.3) is 5.91 Å². The van der Waals surface area contributed by atoms with E-state index in [1.54, 1.807) is 12.1 Å². The van der Waals surface area contributed by atoms with E-state index in [9.17, 15) is 4.79 Å². The lowest BCUT2D eigenvalue weighted by atomic mass is 10.0. The fourth-order valence-corrected chi connectivity index (χ4v) is 2.91. The Morgan fingerprint density at radius 1 is 1.50 bits per heavy atom. The van der Waals surface area contributed by atoms with Crippen LogP contribution in [0.4, 0.5) is 0 Å². The molecule has 2 rings (SSSR count). The van der Waals surface area contributed by atoms with E-state index in [0.717, 1.165) is 22.8 Å². The standard InChI is InChI=1S/C13H16ClIN2O/c14-10-6-8(4-5-11(10)15)13(18)17-12-3-1-2-9(12)7-16/h4-6,9,12H,1-3,7,16H2,(H,17,18). The molecule has 2 unspecified atom stereocenters. The van der Waals surface area contributed by atoms with Crippen LogP contribution in [0.25, 0.3) is 0 Å². The van der Waals surface area contributed by atoms with Crippen molar-refractivity contribution >= 4 is 40.1 Å². The summed E-state index contributed by atoms with van der Waals surface area (Å²) in [4.78, 5) is 12.1. The van der Waals surface area contributed by atoms with Crippen LogP contribution >= 0.6 is 34.2 Å². The molecule has 1 aliphatic rings. The first-order valence-electron chi connectivity index (χ1n) is 6.08. The van der Waals surface area contributed by atoms with Crippen LogP contribution in [-0.2, 0) is 0 Å². The minimum absolute atomic E-state index is 0.0568. The molecule has 0 radical (unpaired) electrons. The minimum Gasteiger partial charge on any atom is -0.349 e. The number of hydrogen-bond acceptors (Lipinski definition) is 2. The van der Waals surface area contributed by atoms with Gasteiger partial charge in [0.05, 0.1) is 5.02 Å². The van der Waals surface area contributed by atoms with E-state index in [1.165, 1.54) is 0 Å². The molecule has 1 fully saturated rings. The highest BCUT2D eigenvalue weighted by Crippen LogP contribution is 2.25. The Morgan fingerprint density at radius 2 is 2.28 bits per heavy atom. The van der Waals surface area contributed by atoms with Crippen molar-refractivity contribution in [1.29, 1.82) is 0 Å². The molecule has 0 aromatic heterocycles. The van der Waals surface area contributed by atoms with E-state index in [4.69, 9.17) is 17.3 Å². The second kappa shape index (κ2) is 6.21. The van der Waals surface area contributed by atoms with Crippen LogP contribution in [-0.4, -0.2) is 18.5 Å². The zero-order valence-corrected chi connectivity index (χ0v) is 12.9. The first-order valence-corrected chi connectivity index (χ1v) is 7.53. The summed E-state index contributed by atoms with van der Waals surface area (Å²) in [7, 11) is 0. The van der Waals surface area contributed by atoms with Crippen molar-refractivity contribution in [2.24, 2.45) is 11.7 Å². The molecule has 0 aliphatic heterocycles. The predicted molar refractivity (Wildman–Crippen MR) is 81.8 cm³/mol. The van der Waals surface area contributed by atoms with Gasteiger partial charge in [0.1, 0.15) is 0 Å². The lowest BCUT2D eigenvalue weighted by Crippen LogP contribution is -2.39. The monoisotopic (exact) mass is 378 g/mol. The zero-order chi connectivity index (χ0) is 13.1. The second-order valence-corrected chi connectivity index (χ2v) is 6.20. The molecule has 0 spiro atoms. The maximum absolute atomic E-state index is 12.1. The molecule has 0 heterocycles. The molecule has 1 aromatic rings. The Hall–Kier alpha value is -0.330. The summed E-state index contributed by atoms with van der Waals surface area (Å²) in [6.45, 7) is 0.637. The number of hydrogen-bond donors (Lipinski definition) is 2. The minimum atomic E-state index is -0.0568. The summed E-state index contributed by atoms with van der Waals surface area (Å²) < 4.78 is 0.950. The summed E-state index contributed by atoms with van der Waals surface area (Å²) in [6, 6.07) is 5.58. The van der Waals surface area contributed by atoms with Gasteiger partial charge in [-0.1, -0.05) is 18.0 Å². The number of carbonyl (C=O) groups is 1. The van der Waals surface area contributed by atoms with Gasteiger partial charge in [-0.05, 0) is 66.1 Å². The SMILES string of the molecule is NCC1CCCC1NC(=O)c1ccc(I)c(Cl)c1. The van der Waals surface area contributed by atoms with Gasteiger partial charge in [0.15, 0.2) is 0 Å². The maximum atomic E-state index is 12.1. The lowest BCUT2D eigenvalue weighted by Gasteiger charge is -2.19. The number of benzene rings is 1. The third-order valence-corrected chi connectivity index (χ3v) is 5.03. The van der Waals surface area contributed by atoms with Crippen LogP contribution in [0.15, 0.2) is 18.2 Å². The summed E-state index contributed by atoms with van der Waals surface area (Å²) in [5, 5.41) is 3.68. The summed E-state index contributed by atoms with van der Waals surface area (Å²) in [5.41, 5.74) is 6.32. The third kappa shape index (κ3) is 3.16. The highest BCUT2D eigenvalue weighted by Gasteiger charge is 2.27. The van der Waals surface area contributed by atoms with E-state index >= 15 is 0 Å². The number of carbonyl (C=O) groups excluding carboxylic acids is 1. The predicted octanol–water partition coefficient (Wildman–Crippen LogP) is 2.80. The molecule has 0 saturated heterocycles. The maximum Gasteiger partial charge on any atom is 0.251 e. The van der Waals surface area contributed by atoms with Gasteiger partial charge < -0.3 is 11.1 Å². The average molecular weight is 379 g/mol. The highest BCUT2D eigenvalue weighted by atomic mass is 127. The molecular formula is C13H16ClIN2O. The second-order valence-electron chi connectivity index (χ2n) is 4.64. The Labute approximate surface area is 126 Å². The van der Waals surface area contributed by atoms with Crippen LogP contribution in [0, 0.1) is 9.49 Å². The van der Waals surface area contributed by atoms with Gasteiger partial charge in [-0.2, -0.15) is 0 Å². The molecular weight excluding hydrogens is 363 g/mol. The van der Waals surface area contributed by atoms with E-state index in [0.29, 0.717) is 23.0 Å². The van der Waals surface area contributed by atoms with Gasteiger partial charge >= 0.3 is 0 Å². The van der Waals surface area contributed by atoms with Crippen molar-refractivity contribution in [2.75, 3.05) is 6.54 Å². The summed E-state index contributed by atoms with van der Waals surface area (Å²) in [6.07, 6.45) is 3.26. The number of amides is 1.